The Morgan fingerprint density at radius 1 is 1.35 bits per heavy atom. The van der Waals surface area contributed by atoms with Crippen LogP contribution >= 0.6 is 0 Å². The van der Waals surface area contributed by atoms with Gasteiger partial charge in [0.2, 0.25) is 5.91 Å². The Kier molecular flexibility index (Phi) is 4.93. The van der Waals surface area contributed by atoms with E-state index in [1.165, 1.54) is 7.11 Å². The van der Waals surface area contributed by atoms with Gasteiger partial charge in [0.15, 0.2) is 0 Å². The molecule has 2 atom stereocenters. The lowest BCUT2D eigenvalue weighted by Gasteiger charge is -2.34. The number of rotatable bonds is 3. The number of carbonyl (C=O) groups excluding carboxylic acids is 2. The third kappa shape index (κ3) is 4.00. The van der Waals surface area contributed by atoms with Gasteiger partial charge in [0.05, 0.1) is 13.0 Å². The second-order valence-corrected chi connectivity index (χ2v) is 5.04. The molecule has 0 saturated carbocycles. The van der Waals surface area contributed by atoms with Gasteiger partial charge in [0.1, 0.15) is 0 Å². The normalized spacial score (nSPS) is 25.7. The number of hydrogen-bond acceptors (Lipinski definition) is 4. The minimum Gasteiger partial charge on any atom is -0.469 e. The summed E-state index contributed by atoms with van der Waals surface area (Å²) in [5.74, 6) is -0.329. The predicted molar refractivity (Wildman–Crippen MR) is 64.4 cm³/mol. The molecule has 5 heteroatoms. The first-order valence-corrected chi connectivity index (χ1v) is 6.00. The third-order valence-electron chi connectivity index (χ3n) is 3.04. The summed E-state index contributed by atoms with van der Waals surface area (Å²) in [6.45, 7) is 5.20. The van der Waals surface area contributed by atoms with Crippen LogP contribution in [0.4, 0.5) is 0 Å². The van der Waals surface area contributed by atoms with Gasteiger partial charge in [-0.2, -0.15) is 0 Å². The monoisotopic (exact) mass is 242 g/mol. The van der Waals surface area contributed by atoms with Gasteiger partial charge in [-0.05, 0) is 13.5 Å². The fourth-order valence-corrected chi connectivity index (χ4v) is 2.13. The Morgan fingerprint density at radius 2 is 2.00 bits per heavy atom. The number of hydrogen-bond donors (Lipinski definition) is 1. The molecule has 1 N–H and O–H groups in total. The molecule has 2 unspecified atom stereocenters. The molecule has 1 amide bonds. The van der Waals surface area contributed by atoms with Gasteiger partial charge in [-0.3, -0.25) is 9.59 Å². The molecule has 0 radical (unpaired) electrons. The number of nitrogens with zero attached hydrogens (tertiary/aromatic N) is 1. The molecular formula is C12H22N2O3. The van der Waals surface area contributed by atoms with Crippen LogP contribution in [0.25, 0.3) is 0 Å². The molecule has 5 nitrogen and oxygen atoms in total. The van der Waals surface area contributed by atoms with Crippen LogP contribution in [-0.2, 0) is 14.3 Å². The molecule has 1 aliphatic rings. The fourth-order valence-electron chi connectivity index (χ4n) is 2.13. The van der Waals surface area contributed by atoms with Gasteiger partial charge >= 0.3 is 5.97 Å². The smallest absolute Gasteiger partial charge is 0.310 e. The summed E-state index contributed by atoms with van der Waals surface area (Å²) < 4.78 is 4.76. The van der Waals surface area contributed by atoms with Gasteiger partial charge in [-0.15, -0.1) is 0 Å². The van der Waals surface area contributed by atoms with E-state index < -0.39 is 0 Å². The maximum Gasteiger partial charge on any atom is 0.310 e. The average molecular weight is 242 g/mol. The number of piperidine rings is 1. The molecule has 0 aromatic heterocycles. The predicted octanol–water partition coefficient (Wildman–Crippen LogP) is 0.252. The summed E-state index contributed by atoms with van der Waals surface area (Å²) >= 11 is 0. The lowest BCUT2D eigenvalue weighted by atomic mass is 9.94. The molecule has 1 rings (SSSR count). The van der Waals surface area contributed by atoms with Crippen LogP contribution in [0.3, 0.4) is 0 Å². The Bertz CT molecular complexity index is 291. The molecule has 98 valence electrons. The van der Waals surface area contributed by atoms with E-state index in [1.807, 2.05) is 20.9 Å². The highest BCUT2D eigenvalue weighted by molar-refractivity contribution is 5.78. The first-order chi connectivity index (χ1) is 7.93. The zero-order valence-corrected chi connectivity index (χ0v) is 11.0. The summed E-state index contributed by atoms with van der Waals surface area (Å²) in [5, 5.41) is 2.97. The van der Waals surface area contributed by atoms with Crippen LogP contribution in [0.2, 0.25) is 0 Å². The number of nitrogens with one attached hydrogen (secondary N) is 1. The van der Waals surface area contributed by atoms with Crippen molar-refractivity contribution in [1.82, 2.24) is 10.2 Å². The van der Waals surface area contributed by atoms with E-state index in [0.717, 1.165) is 6.54 Å². The fraction of sp³-hybridized carbons (Fsp3) is 0.833. The van der Waals surface area contributed by atoms with Crippen molar-refractivity contribution in [2.75, 3.05) is 27.2 Å². The van der Waals surface area contributed by atoms with E-state index in [9.17, 15) is 9.59 Å². The lowest BCUT2D eigenvalue weighted by molar-refractivity contribution is -0.148. The number of likely N-dealkylation sites (tertiary alicyclic amines) is 1. The second-order valence-electron chi connectivity index (χ2n) is 5.04. The molecule has 0 spiro atoms. The molecule has 0 aromatic carbocycles. The average Bonchev–Trinajstić information content (AvgIpc) is 2.26. The SMILES string of the molecule is COC(=O)C1CC(NC(=O)C(C)C)CN(C)C1. The van der Waals surface area contributed by atoms with Crippen LogP contribution in [0, 0.1) is 11.8 Å². The van der Waals surface area contributed by atoms with Crippen molar-refractivity contribution in [1.29, 1.82) is 0 Å². The molecule has 1 heterocycles. The maximum atomic E-state index is 11.6. The highest BCUT2D eigenvalue weighted by atomic mass is 16.5. The second kappa shape index (κ2) is 6.00. The number of esters is 1. The summed E-state index contributed by atoms with van der Waals surface area (Å²) in [5.41, 5.74) is 0. The molecule has 1 fully saturated rings. The quantitative estimate of drug-likeness (QED) is 0.721. The van der Waals surface area contributed by atoms with Gasteiger partial charge in [0.25, 0.3) is 0 Å². The van der Waals surface area contributed by atoms with Crippen molar-refractivity contribution in [3.63, 3.8) is 0 Å². The highest BCUT2D eigenvalue weighted by Crippen LogP contribution is 2.17. The number of amides is 1. The molecule has 0 aromatic rings. The third-order valence-corrected chi connectivity index (χ3v) is 3.04. The molecule has 0 bridgehead atoms. The van der Waals surface area contributed by atoms with Gasteiger partial charge in [0, 0.05) is 25.0 Å². The van der Waals surface area contributed by atoms with E-state index >= 15 is 0 Å². The number of carbonyl (C=O) groups is 2. The van der Waals surface area contributed by atoms with Crippen LogP contribution in [0.15, 0.2) is 0 Å². The van der Waals surface area contributed by atoms with E-state index in [0.29, 0.717) is 13.0 Å². The maximum absolute atomic E-state index is 11.6. The van der Waals surface area contributed by atoms with E-state index in [-0.39, 0.29) is 29.8 Å². The van der Waals surface area contributed by atoms with Crippen molar-refractivity contribution in [3.8, 4) is 0 Å². The van der Waals surface area contributed by atoms with E-state index in [2.05, 4.69) is 10.2 Å². The van der Waals surface area contributed by atoms with Crippen molar-refractivity contribution in [2.45, 2.75) is 26.3 Å². The van der Waals surface area contributed by atoms with E-state index in [1.54, 1.807) is 0 Å². The summed E-state index contributed by atoms with van der Waals surface area (Å²) in [6, 6.07) is 0.0350. The first-order valence-electron chi connectivity index (χ1n) is 6.00. The number of likely N-dealkylation sites (N-methyl/N-ethyl adjacent to an activating group) is 1. The first kappa shape index (κ1) is 14.0. The zero-order chi connectivity index (χ0) is 13.0. The lowest BCUT2D eigenvalue weighted by Crippen LogP contribution is -2.51. The zero-order valence-electron chi connectivity index (χ0n) is 11.0. The highest BCUT2D eigenvalue weighted by Gasteiger charge is 2.31. The van der Waals surface area contributed by atoms with Crippen molar-refractivity contribution < 1.29 is 14.3 Å². The number of ether oxygens (including phenoxy) is 1. The van der Waals surface area contributed by atoms with Crippen LogP contribution in [0.1, 0.15) is 20.3 Å². The number of methoxy groups -OCH3 is 1. The molecule has 17 heavy (non-hydrogen) atoms. The Hall–Kier alpha value is -1.10. The summed E-state index contributed by atoms with van der Waals surface area (Å²) in [4.78, 5) is 25.2. The Labute approximate surface area is 102 Å². The minimum absolute atomic E-state index is 0.0289. The summed E-state index contributed by atoms with van der Waals surface area (Å²) in [6.07, 6.45) is 0.662. The molecule has 1 aliphatic heterocycles. The molecule has 1 saturated heterocycles. The summed E-state index contributed by atoms with van der Waals surface area (Å²) in [7, 11) is 3.35. The molecular weight excluding hydrogens is 220 g/mol. The van der Waals surface area contributed by atoms with Gasteiger partial charge < -0.3 is 15.0 Å². The minimum atomic E-state index is -0.194. The molecule has 0 aliphatic carbocycles. The Morgan fingerprint density at radius 3 is 2.53 bits per heavy atom. The Balaban J connectivity index is 2.56. The van der Waals surface area contributed by atoms with Crippen LogP contribution in [-0.4, -0.2) is 50.1 Å². The van der Waals surface area contributed by atoms with Crippen molar-refractivity contribution >= 4 is 11.9 Å². The largest absolute Gasteiger partial charge is 0.469 e. The van der Waals surface area contributed by atoms with E-state index in [4.69, 9.17) is 4.74 Å². The van der Waals surface area contributed by atoms with Crippen LogP contribution < -0.4 is 5.32 Å². The standard InChI is InChI=1S/C12H22N2O3/c1-8(2)11(15)13-10-5-9(12(16)17-4)6-14(3)7-10/h8-10H,5-7H2,1-4H3,(H,13,15). The van der Waals surface area contributed by atoms with Gasteiger partial charge in [-0.1, -0.05) is 13.8 Å². The topological polar surface area (TPSA) is 58.6 Å². The van der Waals surface area contributed by atoms with Crippen molar-refractivity contribution in [2.24, 2.45) is 11.8 Å². The van der Waals surface area contributed by atoms with Crippen molar-refractivity contribution in [3.05, 3.63) is 0 Å². The van der Waals surface area contributed by atoms with Gasteiger partial charge in [-0.25, -0.2) is 0 Å². The van der Waals surface area contributed by atoms with Crippen LogP contribution in [0.5, 0.6) is 0 Å².